The van der Waals surface area contributed by atoms with E-state index in [0.717, 1.165) is 11.3 Å². The van der Waals surface area contributed by atoms with E-state index in [1.54, 1.807) is 0 Å². The summed E-state index contributed by atoms with van der Waals surface area (Å²) in [6.45, 7) is 3.65. The fourth-order valence-corrected chi connectivity index (χ4v) is 4.72. The Morgan fingerprint density at radius 3 is 2.63 bits per heavy atom. The molecule has 0 aromatic heterocycles. The monoisotopic (exact) mass is 371 g/mol. The van der Waals surface area contributed by atoms with Gasteiger partial charge in [0.25, 0.3) is 0 Å². The lowest BCUT2D eigenvalue weighted by atomic mass is 9.68. The Labute approximate surface area is 159 Å². The van der Waals surface area contributed by atoms with Crippen LogP contribution < -0.4 is 0 Å². The smallest absolute Gasteiger partial charge is 0.306 e. The molecule has 1 aromatic carbocycles. The first-order valence-corrected chi connectivity index (χ1v) is 9.38. The summed E-state index contributed by atoms with van der Waals surface area (Å²) in [7, 11) is 1.36. The highest BCUT2D eigenvalue weighted by Crippen LogP contribution is 2.56. The average Bonchev–Trinajstić information content (AvgIpc) is 3.19. The summed E-state index contributed by atoms with van der Waals surface area (Å²) in [6.07, 6.45) is 3.30. The third-order valence-corrected chi connectivity index (χ3v) is 6.05. The van der Waals surface area contributed by atoms with Crippen LogP contribution in [0.25, 0.3) is 0 Å². The van der Waals surface area contributed by atoms with Gasteiger partial charge in [0.1, 0.15) is 0 Å². The van der Waals surface area contributed by atoms with E-state index in [-0.39, 0.29) is 18.3 Å². The van der Waals surface area contributed by atoms with E-state index in [9.17, 15) is 9.59 Å². The number of ether oxygens (including phenoxy) is 3. The Balaban J connectivity index is 1.70. The van der Waals surface area contributed by atoms with Crippen molar-refractivity contribution in [2.45, 2.75) is 38.5 Å². The van der Waals surface area contributed by atoms with Gasteiger partial charge in [-0.2, -0.15) is 0 Å². The highest BCUT2D eigenvalue weighted by atomic mass is 16.7. The molecule has 2 atom stereocenters. The molecule has 0 saturated carbocycles. The molecule has 4 rings (SSSR count). The number of esters is 1. The van der Waals surface area contributed by atoms with E-state index in [4.69, 9.17) is 14.2 Å². The van der Waals surface area contributed by atoms with Crippen molar-refractivity contribution < 1.29 is 23.8 Å². The van der Waals surface area contributed by atoms with Crippen LogP contribution in [0.5, 0.6) is 0 Å². The zero-order chi connectivity index (χ0) is 19.1. The molecule has 2 fully saturated rings. The van der Waals surface area contributed by atoms with Crippen molar-refractivity contribution in [3.63, 3.8) is 0 Å². The molecule has 1 aliphatic carbocycles. The number of methoxy groups -OCH3 is 1. The molecule has 0 radical (unpaired) electrons. The fraction of sp³-hybridized carbons (Fsp3) is 0.524. The second kappa shape index (κ2) is 6.77. The molecule has 27 heavy (non-hydrogen) atoms. The predicted molar refractivity (Wildman–Crippen MR) is 97.2 cm³/mol. The van der Waals surface area contributed by atoms with Crippen molar-refractivity contribution in [3.8, 4) is 0 Å². The maximum absolute atomic E-state index is 13.3. The number of nitrogens with zero attached hydrogens (tertiary/aromatic N) is 1. The molecule has 1 spiro atoms. The largest absolute Gasteiger partial charge is 0.469 e. The minimum Gasteiger partial charge on any atom is -0.469 e. The summed E-state index contributed by atoms with van der Waals surface area (Å²) < 4.78 is 16.7. The Hall–Kier alpha value is -2.18. The van der Waals surface area contributed by atoms with Gasteiger partial charge >= 0.3 is 5.97 Å². The first-order chi connectivity index (χ1) is 13.0. The molecule has 0 unspecified atom stereocenters. The second-order valence-electron chi connectivity index (χ2n) is 7.74. The van der Waals surface area contributed by atoms with Crippen LogP contribution >= 0.6 is 0 Å². The van der Waals surface area contributed by atoms with Crippen molar-refractivity contribution in [2.75, 3.05) is 20.3 Å². The van der Waals surface area contributed by atoms with E-state index in [2.05, 4.69) is 6.08 Å². The average molecular weight is 371 g/mol. The molecule has 2 heterocycles. The summed E-state index contributed by atoms with van der Waals surface area (Å²) in [5.74, 6) is -1.57. The van der Waals surface area contributed by atoms with E-state index >= 15 is 0 Å². The van der Waals surface area contributed by atoms with Gasteiger partial charge in [0.15, 0.2) is 5.79 Å². The van der Waals surface area contributed by atoms with Crippen LogP contribution in [0.4, 0.5) is 0 Å². The van der Waals surface area contributed by atoms with Gasteiger partial charge in [0.2, 0.25) is 5.91 Å². The van der Waals surface area contributed by atoms with Crippen LogP contribution in [0.15, 0.2) is 42.1 Å². The number of rotatable bonds is 4. The number of amides is 1. The van der Waals surface area contributed by atoms with E-state index < -0.39 is 17.1 Å². The van der Waals surface area contributed by atoms with Gasteiger partial charge in [-0.3, -0.25) is 9.59 Å². The molecule has 1 amide bonds. The Kier molecular flexibility index (Phi) is 4.56. The molecular weight excluding hydrogens is 346 g/mol. The number of allylic oxidation sites excluding steroid dienone is 1. The molecule has 0 bridgehead atoms. The number of fused-ring (bicyclic) bond motifs is 1. The lowest BCUT2D eigenvalue weighted by Crippen LogP contribution is -2.43. The first-order valence-electron chi connectivity index (χ1n) is 9.38. The summed E-state index contributed by atoms with van der Waals surface area (Å²) in [5.41, 5.74) is 1.50. The van der Waals surface area contributed by atoms with Crippen LogP contribution in [-0.4, -0.2) is 42.9 Å². The molecule has 2 aliphatic heterocycles. The molecule has 144 valence electrons. The normalized spacial score (nSPS) is 29.0. The van der Waals surface area contributed by atoms with Gasteiger partial charge in [-0.25, -0.2) is 0 Å². The number of hydrogen-bond acceptors (Lipinski definition) is 5. The van der Waals surface area contributed by atoms with Crippen LogP contribution in [0.3, 0.4) is 0 Å². The minimum atomic E-state index is -0.685. The van der Waals surface area contributed by atoms with Crippen molar-refractivity contribution in [2.24, 2.45) is 11.3 Å². The summed E-state index contributed by atoms with van der Waals surface area (Å²) in [6, 6.07) is 9.90. The summed E-state index contributed by atoms with van der Waals surface area (Å²) in [4.78, 5) is 27.2. The molecule has 6 heteroatoms. The zero-order valence-corrected chi connectivity index (χ0v) is 15.8. The lowest BCUT2D eigenvalue weighted by Gasteiger charge is -2.42. The maximum atomic E-state index is 13.3. The highest BCUT2D eigenvalue weighted by Gasteiger charge is 2.59. The van der Waals surface area contributed by atoms with Crippen LogP contribution in [-0.2, 0) is 30.3 Å². The Bertz CT molecular complexity index is 768. The quantitative estimate of drug-likeness (QED) is 0.762. The topological polar surface area (TPSA) is 65.1 Å². The van der Waals surface area contributed by atoms with Gasteiger partial charge in [0.05, 0.1) is 39.2 Å². The standard InChI is InChI=1S/C21H25NO5/c1-20-14-21(26-10-11-27-21)9-8-17(20)22(13-15-6-4-3-5-7-15)19(24)16(20)12-18(23)25-2/h3-8,16H,9-14H2,1-2H3/t16-,20+/m0/s1. The third kappa shape index (κ3) is 3.07. The number of likely N-dealkylation sites (tertiary alicyclic amines) is 1. The molecule has 0 N–H and O–H groups in total. The van der Waals surface area contributed by atoms with Gasteiger partial charge in [-0.05, 0) is 5.56 Å². The minimum absolute atomic E-state index is 0.0342. The highest BCUT2D eigenvalue weighted by molar-refractivity contribution is 5.89. The van der Waals surface area contributed by atoms with Crippen molar-refractivity contribution in [3.05, 3.63) is 47.7 Å². The Morgan fingerprint density at radius 1 is 1.26 bits per heavy atom. The lowest BCUT2D eigenvalue weighted by molar-refractivity contribution is -0.183. The molecule has 3 aliphatic rings. The second-order valence-corrected chi connectivity index (χ2v) is 7.74. The number of carbonyl (C=O) groups is 2. The molecule has 1 aromatic rings. The van der Waals surface area contributed by atoms with Gasteiger partial charge in [-0.15, -0.1) is 0 Å². The van der Waals surface area contributed by atoms with Gasteiger partial charge in [0, 0.05) is 24.0 Å². The number of benzene rings is 1. The maximum Gasteiger partial charge on any atom is 0.306 e. The first kappa shape index (κ1) is 18.2. The van der Waals surface area contributed by atoms with Crippen molar-refractivity contribution >= 4 is 11.9 Å². The molecule has 6 nitrogen and oxygen atoms in total. The van der Waals surface area contributed by atoms with E-state index in [0.29, 0.717) is 32.6 Å². The van der Waals surface area contributed by atoms with Crippen LogP contribution in [0, 0.1) is 11.3 Å². The zero-order valence-electron chi connectivity index (χ0n) is 15.8. The summed E-state index contributed by atoms with van der Waals surface area (Å²) in [5, 5.41) is 0. The Morgan fingerprint density at radius 2 is 1.96 bits per heavy atom. The van der Waals surface area contributed by atoms with Crippen LogP contribution in [0.2, 0.25) is 0 Å². The number of hydrogen-bond donors (Lipinski definition) is 0. The van der Waals surface area contributed by atoms with Crippen molar-refractivity contribution in [1.29, 1.82) is 0 Å². The fourth-order valence-electron chi connectivity index (χ4n) is 4.72. The van der Waals surface area contributed by atoms with Gasteiger partial charge in [-0.1, -0.05) is 43.3 Å². The molecule has 2 saturated heterocycles. The van der Waals surface area contributed by atoms with Crippen LogP contribution in [0.1, 0.15) is 31.7 Å². The molecular formula is C21H25NO5. The van der Waals surface area contributed by atoms with Gasteiger partial charge < -0.3 is 19.1 Å². The summed E-state index contributed by atoms with van der Waals surface area (Å²) >= 11 is 0. The SMILES string of the molecule is COC(=O)C[C@H]1C(=O)N(Cc2ccccc2)C2=CCC3(C[C@@]21C)OCCO3. The third-order valence-electron chi connectivity index (χ3n) is 6.05. The van der Waals surface area contributed by atoms with E-state index in [1.807, 2.05) is 42.2 Å². The number of carbonyl (C=O) groups excluding carboxylic acids is 2. The predicted octanol–water partition coefficient (Wildman–Crippen LogP) is 2.64. The van der Waals surface area contributed by atoms with Crippen molar-refractivity contribution in [1.82, 2.24) is 4.90 Å². The van der Waals surface area contributed by atoms with E-state index in [1.165, 1.54) is 7.11 Å².